The van der Waals surface area contributed by atoms with Gasteiger partial charge in [0.25, 0.3) is 0 Å². The van der Waals surface area contributed by atoms with Crippen LogP contribution in [-0.2, 0) is 0 Å². The molecule has 0 amide bonds. The topological polar surface area (TPSA) is 30.3 Å². The Hall–Kier alpha value is -0.590. The molecule has 1 aliphatic carbocycles. The van der Waals surface area contributed by atoms with Gasteiger partial charge in [-0.1, -0.05) is 13.3 Å². The van der Waals surface area contributed by atoms with Gasteiger partial charge in [0.05, 0.1) is 12.0 Å². The third-order valence-electron chi connectivity index (χ3n) is 4.68. The van der Waals surface area contributed by atoms with Gasteiger partial charge in [0.1, 0.15) is 0 Å². The lowest BCUT2D eigenvalue weighted by atomic mass is 10.0. The molecule has 2 rings (SSSR count). The summed E-state index contributed by atoms with van der Waals surface area (Å²) in [6, 6.07) is 3.77. The molecule has 0 spiro atoms. The van der Waals surface area contributed by atoms with E-state index in [1.54, 1.807) is 0 Å². The molecule has 3 unspecified atom stereocenters. The Bertz CT molecular complexity index is 276. The molecular formula is C14H25N3. The molecule has 3 nitrogen and oxygen atoms in total. The van der Waals surface area contributed by atoms with Crippen molar-refractivity contribution in [3.05, 3.63) is 0 Å². The van der Waals surface area contributed by atoms with Gasteiger partial charge in [0.2, 0.25) is 0 Å². The van der Waals surface area contributed by atoms with Crippen LogP contribution in [0.5, 0.6) is 0 Å². The van der Waals surface area contributed by atoms with Crippen LogP contribution in [0.25, 0.3) is 0 Å². The average molecular weight is 235 g/mol. The Balaban J connectivity index is 1.85. The predicted octanol–water partition coefficient (Wildman–Crippen LogP) is 2.09. The third kappa shape index (κ3) is 2.81. The van der Waals surface area contributed by atoms with Crippen molar-refractivity contribution in [1.82, 2.24) is 9.80 Å². The van der Waals surface area contributed by atoms with Crippen molar-refractivity contribution in [2.24, 2.45) is 5.92 Å². The molecule has 0 aromatic heterocycles. The van der Waals surface area contributed by atoms with Gasteiger partial charge in [-0.25, -0.2) is 0 Å². The molecule has 2 fully saturated rings. The van der Waals surface area contributed by atoms with Crippen molar-refractivity contribution < 1.29 is 0 Å². The summed E-state index contributed by atoms with van der Waals surface area (Å²) in [6.07, 6.45) is 4.84. The zero-order valence-electron chi connectivity index (χ0n) is 11.2. The van der Waals surface area contributed by atoms with Crippen molar-refractivity contribution in [2.75, 3.05) is 26.2 Å². The van der Waals surface area contributed by atoms with E-state index >= 15 is 0 Å². The summed E-state index contributed by atoms with van der Waals surface area (Å²) < 4.78 is 0. The van der Waals surface area contributed by atoms with Gasteiger partial charge in [0, 0.05) is 38.3 Å². The fourth-order valence-corrected chi connectivity index (χ4v) is 3.30. The molecule has 0 radical (unpaired) electrons. The van der Waals surface area contributed by atoms with Crippen molar-refractivity contribution in [1.29, 1.82) is 5.26 Å². The molecule has 1 saturated heterocycles. The molecule has 0 N–H and O–H groups in total. The normalized spacial score (nSPS) is 33.5. The minimum absolute atomic E-state index is 0.296. The van der Waals surface area contributed by atoms with E-state index in [0.29, 0.717) is 18.0 Å². The highest BCUT2D eigenvalue weighted by Gasteiger charge is 2.34. The van der Waals surface area contributed by atoms with E-state index in [9.17, 15) is 0 Å². The molecule has 1 aliphatic heterocycles. The minimum atomic E-state index is 0.296. The number of hydrogen-bond acceptors (Lipinski definition) is 3. The molecule has 0 aromatic rings. The van der Waals surface area contributed by atoms with Crippen LogP contribution in [0.4, 0.5) is 0 Å². The van der Waals surface area contributed by atoms with Gasteiger partial charge in [-0.15, -0.1) is 0 Å². The summed E-state index contributed by atoms with van der Waals surface area (Å²) in [5.41, 5.74) is 0. The van der Waals surface area contributed by atoms with Gasteiger partial charge in [-0.2, -0.15) is 5.26 Å². The van der Waals surface area contributed by atoms with E-state index < -0.39 is 0 Å². The van der Waals surface area contributed by atoms with Crippen molar-refractivity contribution in [2.45, 2.75) is 51.6 Å². The van der Waals surface area contributed by atoms with Gasteiger partial charge < -0.3 is 0 Å². The van der Waals surface area contributed by atoms with Crippen molar-refractivity contribution in [3.8, 4) is 6.07 Å². The van der Waals surface area contributed by atoms with Crippen LogP contribution in [0.15, 0.2) is 0 Å². The molecule has 0 bridgehead atoms. The molecule has 17 heavy (non-hydrogen) atoms. The Morgan fingerprint density at radius 3 is 2.53 bits per heavy atom. The van der Waals surface area contributed by atoms with Crippen LogP contribution >= 0.6 is 0 Å². The monoisotopic (exact) mass is 235 g/mol. The average Bonchev–Trinajstić information content (AvgIpc) is 2.86. The molecule has 3 heteroatoms. The molecule has 1 heterocycles. The van der Waals surface area contributed by atoms with E-state index in [1.165, 1.54) is 32.4 Å². The highest BCUT2D eigenvalue weighted by Crippen LogP contribution is 2.30. The summed E-state index contributed by atoms with van der Waals surface area (Å²) in [7, 11) is 0. The number of nitriles is 1. The summed E-state index contributed by atoms with van der Waals surface area (Å²) in [6.45, 7) is 9.27. The second-order valence-corrected chi connectivity index (χ2v) is 5.56. The molecule has 96 valence electrons. The number of hydrogen-bond donors (Lipinski definition) is 0. The fourth-order valence-electron chi connectivity index (χ4n) is 3.30. The van der Waals surface area contributed by atoms with Gasteiger partial charge in [0.15, 0.2) is 0 Å². The molecule has 3 atom stereocenters. The second kappa shape index (κ2) is 5.84. The molecular weight excluding hydrogens is 210 g/mol. The largest absolute Gasteiger partial charge is 0.298 e. The summed E-state index contributed by atoms with van der Waals surface area (Å²) in [4.78, 5) is 5.16. The lowest BCUT2D eigenvalue weighted by Crippen LogP contribution is -2.53. The SMILES string of the molecule is CCC(C)N1CCN(C2CCCC2C#N)CC1. The zero-order valence-corrected chi connectivity index (χ0v) is 11.2. The lowest BCUT2D eigenvalue weighted by molar-refractivity contribution is 0.0665. The summed E-state index contributed by atoms with van der Waals surface area (Å²) in [5.74, 6) is 0.296. The first-order chi connectivity index (χ1) is 8.26. The van der Waals surface area contributed by atoms with Gasteiger partial charge >= 0.3 is 0 Å². The van der Waals surface area contributed by atoms with Gasteiger partial charge in [-0.3, -0.25) is 9.80 Å². The highest BCUT2D eigenvalue weighted by atomic mass is 15.3. The Kier molecular flexibility index (Phi) is 4.42. The Morgan fingerprint density at radius 1 is 1.24 bits per heavy atom. The first kappa shape index (κ1) is 12.9. The van der Waals surface area contributed by atoms with Crippen LogP contribution in [0, 0.1) is 17.2 Å². The van der Waals surface area contributed by atoms with Crippen molar-refractivity contribution in [3.63, 3.8) is 0 Å². The first-order valence-corrected chi connectivity index (χ1v) is 7.14. The number of piperazine rings is 1. The van der Waals surface area contributed by atoms with Crippen LogP contribution in [0.1, 0.15) is 39.5 Å². The Labute approximate surface area is 105 Å². The maximum Gasteiger partial charge on any atom is 0.0672 e. The van der Waals surface area contributed by atoms with Crippen molar-refractivity contribution >= 4 is 0 Å². The van der Waals surface area contributed by atoms with E-state index in [4.69, 9.17) is 5.26 Å². The van der Waals surface area contributed by atoms with Crippen LogP contribution in [0.3, 0.4) is 0 Å². The minimum Gasteiger partial charge on any atom is -0.298 e. The maximum absolute atomic E-state index is 9.16. The van der Waals surface area contributed by atoms with E-state index in [-0.39, 0.29) is 0 Å². The molecule has 0 aromatic carbocycles. The van der Waals surface area contributed by atoms with Crippen LogP contribution < -0.4 is 0 Å². The predicted molar refractivity (Wildman–Crippen MR) is 69.6 cm³/mol. The maximum atomic E-state index is 9.16. The first-order valence-electron chi connectivity index (χ1n) is 7.14. The number of rotatable bonds is 3. The summed E-state index contributed by atoms with van der Waals surface area (Å²) >= 11 is 0. The second-order valence-electron chi connectivity index (χ2n) is 5.56. The highest BCUT2D eigenvalue weighted by molar-refractivity contribution is 4.98. The lowest BCUT2D eigenvalue weighted by Gasteiger charge is -2.41. The van der Waals surface area contributed by atoms with E-state index in [2.05, 4.69) is 29.7 Å². The summed E-state index contributed by atoms with van der Waals surface area (Å²) in [5, 5.41) is 9.16. The standard InChI is InChI=1S/C14H25N3/c1-3-12(2)16-7-9-17(10-8-16)14-6-4-5-13(14)11-15/h12-14H,3-10H2,1-2H3. The van der Waals surface area contributed by atoms with E-state index in [1.807, 2.05) is 0 Å². The number of nitrogens with zero attached hydrogens (tertiary/aromatic N) is 3. The molecule has 1 saturated carbocycles. The Morgan fingerprint density at radius 2 is 1.94 bits per heavy atom. The van der Waals surface area contributed by atoms with Gasteiger partial charge in [-0.05, 0) is 26.2 Å². The van der Waals surface area contributed by atoms with E-state index in [0.717, 1.165) is 19.5 Å². The van der Waals surface area contributed by atoms with Crippen LogP contribution in [-0.4, -0.2) is 48.1 Å². The zero-order chi connectivity index (χ0) is 12.3. The fraction of sp³-hybridized carbons (Fsp3) is 0.929. The smallest absolute Gasteiger partial charge is 0.0672 e. The third-order valence-corrected chi connectivity index (χ3v) is 4.68. The van der Waals surface area contributed by atoms with Crippen LogP contribution in [0.2, 0.25) is 0 Å². The quantitative estimate of drug-likeness (QED) is 0.750. The molecule has 2 aliphatic rings.